The number of carbonyl (C=O) groups is 1. The third-order valence-corrected chi connectivity index (χ3v) is 3.09. The van der Waals surface area contributed by atoms with Crippen LogP contribution in [-0.4, -0.2) is 29.6 Å². The second kappa shape index (κ2) is 5.21. The van der Waals surface area contributed by atoms with E-state index in [-0.39, 0.29) is 12.7 Å². The van der Waals surface area contributed by atoms with Crippen molar-refractivity contribution in [1.29, 1.82) is 0 Å². The van der Waals surface area contributed by atoms with Crippen LogP contribution in [0.4, 0.5) is 0 Å². The van der Waals surface area contributed by atoms with Crippen LogP contribution in [0.25, 0.3) is 0 Å². The van der Waals surface area contributed by atoms with Gasteiger partial charge < -0.3 is 14.4 Å². The molecule has 5 nitrogen and oxygen atoms in total. The molecule has 0 unspecified atom stereocenters. The Morgan fingerprint density at radius 1 is 1.25 bits per heavy atom. The number of rotatable bonds is 3. The molecule has 20 heavy (non-hydrogen) atoms. The number of pyridine rings is 1. The molecule has 1 aliphatic rings. The monoisotopic (exact) mass is 270 g/mol. The van der Waals surface area contributed by atoms with Crippen LogP contribution in [0.5, 0.6) is 11.5 Å². The van der Waals surface area contributed by atoms with Gasteiger partial charge in [0.2, 0.25) is 6.79 Å². The zero-order chi connectivity index (χ0) is 13.9. The zero-order valence-corrected chi connectivity index (χ0v) is 11.1. The topological polar surface area (TPSA) is 51.7 Å². The fourth-order valence-corrected chi connectivity index (χ4v) is 2.06. The van der Waals surface area contributed by atoms with Crippen molar-refractivity contribution >= 4 is 5.91 Å². The van der Waals surface area contributed by atoms with Crippen molar-refractivity contribution in [2.45, 2.75) is 6.54 Å². The van der Waals surface area contributed by atoms with E-state index in [1.807, 2.05) is 18.2 Å². The highest BCUT2D eigenvalue weighted by Gasteiger charge is 2.18. The quantitative estimate of drug-likeness (QED) is 0.857. The summed E-state index contributed by atoms with van der Waals surface area (Å²) in [7, 11) is 1.75. The van der Waals surface area contributed by atoms with Crippen LogP contribution in [0.15, 0.2) is 42.6 Å². The van der Waals surface area contributed by atoms with E-state index < -0.39 is 0 Å². The van der Waals surface area contributed by atoms with E-state index in [1.165, 1.54) is 0 Å². The molecule has 0 bridgehead atoms. The third-order valence-electron chi connectivity index (χ3n) is 3.09. The summed E-state index contributed by atoms with van der Waals surface area (Å²) in [5.41, 5.74) is 1.43. The minimum absolute atomic E-state index is 0.0750. The van der Waals surface area contributed by atoms with E-state index in [2.05, 4.69) is 4.98 Å². The van der Waals surface area contributed by atoms with Crippen molar-refractivity contribution in [3.05, 3.63) is 53.9 Å². The molecule has 0 atom stereocenters. The first-order chi connectivity index (χ1) is 9.74. The first-order valence-electron chi connectivity index (χ1n) is 6.29. The standard InChI is InChI=1S/C15H14N2O3/c1-17(9-12-4-2-3-7-16-12)15(18)11-5-6-13-14(8-11)20-10-19-13/h2-8H,9-10H2,1H3. The van der Waals surface area contributed by atoms with Crippen molar-refractivity contribution in [3.8, 4) is 11.5 Å². The number of carbonyl (C=O) groups excluding carboxylic acids is 1. The van der Waals surface area contributed by atoms with Crippen molar-refractivity contribution in [2.24, 2.45) is 0 Å². The number of hydrogen-bond donors (Lipinski definition) is 0. The molecule has 0 radical (unpaired) electrons. The number of nitrogens with zero attached hydrogens (tertiary/aromatic N) is 2. The number of benzene rings is 1. The Bertz CT molecular complexity index is 628. The first kappa shape index (κ1) is 12.5. The van der Waals surface area contributed by atoms with E-state index in [1.54, 1.807) is 36.3 Å². The number of amides is 1. The van der Waals surface area contributed by atoms with Gasteiger partial charge in [-0.15, -0.1) is 0 Å². The van der Waals surface area contributed by atoms with E-state index in [0.29, 0.717) is 23.6 Å². The van der Waals surface area contributed by atoms with Gasteiger partial charge in [0.25, 0.3) is 5.91 Å². The molecule has 0 aliphatic carbocycles. The van der Waals surface area contributed by atoms with Crippen LogP contribution >= 0.6 is 0 Å². The summed E-state index contributed by atoms with van der Waals surface area (Å²) in [6.45, 7) is 0.671. The lowest BCUT2D eigenvalue weighted by Gasteiger charge is -2.16. The number of fused-ring (bicyclic) bond motifs is 1. The third kappa shape index (κ3) is 2.42. The van der Waals surface area contributed by atoms with Crippen molar-refractivity contribution < 1.29 is 14.3 Å². The summed E-state index contributed by atoms with van der Waals surface area (Å²) >= 11 is 0. The van der Waals surface area contributed by atoms with Gasteiger partial charge in [-0.2, -0.15) is 0 Å². The van der Waals surface area contributed by atoms with Gasteiger partial charge in [-0.1, -0.05) is 6.07 Å². The number of hydrogen-bond acceptors (Lipinski definition) is 4. The van der Waals surface area contributed by atoms with Crippen LogP contribution in [0.2, 0.25) is 0 Å². The largest absolute Gasteiger partial charge is 0.454 e. The predicted molar refractivity (Wildman–Crippen MR) is 72.6 cm³/mol. The molecule has 1 aromatic heterocycles. The Balaban J connectivity index is 1.75. The lowest BCUT2D eigenvalue weighted by molar-refractivity contribution is 0.0783. The molecule has 5 heteroatoms. The minimum atomic E-state index is -0.0750. The van der Waals surface area contributed by atoms with Crippen molar-refractivity contribution in [3.63, 3.8) is 0 Å². The summed E-state index contributed by atoms with van der Waals surface area (Å²) in [5.74, 6) is 1.21. The summed E-state index contributed by atoms with van der Waals surface area (Å²) < 4.78 is 10.5. The van der Waals surface area contributed by atoms with Gasteiger partial charge in [0.15, 0.2) is 11.5 Å². The molecular weight excluding hydrogens is 256 g/mol. The first-order valence-corrected chi connectivity index (χ1v) is 6.29. The average Bonchev–Trinajstić information content (AvgIpc) is 2.94. The molecule has 1 aromatic carbocycles. The highest BCUT2D eigenvalue weighted by molar-refractivity contribution is 5.94. The minimum Gasteiger partial charge on any atom is -0.454 e. The van der Waals surface area contributed by atoms with Crippen LogP contribution in [0.1, 0.15) is 16.1 Å². The Labute approximate surface area is 116 Å². The molecule has 0 fully saturated rings. The second-order valence-electron chi connectivity index (χ2n) is 4.55. The Kier molecular flexibility index (Phi) is 3.25. The van der Waals surface area contributed by atoms with Gasteiger partial charge >= 0.3 is 0 Å². The maximum atomic E-state index is 12.4. The highest BCUT2D eigenvalue weighted by atomic mass is 16.7. The van der Waals surface area contributed by atoms with E-state index in [0.717, 1.165) is 5.69 Å². The van der Waals surface area contributed by atoms with Gasteiger partial charge in [0, 0.05) is 18.8 Å². The molecule has 2 heterocycles. The van der Waals surface area contributed by atoms with Crippen molar-refractivity contribution in [2.75, 3.05) is 13.8 Å². The van der Waals surface area contributed by atoms with Gasteiger partial charge in [-0.25, -0.2) is 0 Å². The molecule has 1 aliphatic heterocycles. The summed E-state index contributed by atoms with van der Waals surface area (Å²) in [6, 6.07) is 10.8. The maximum Gasteiger partial charge on any atom is 0.254 e. The van der Waals surface area contributed by atoms with E-state index in [4.69, 9.17) is 9.47 Å². The molecule has 102 valence electrons. The molecule has 0 saturated carbocycles. The molecule has 3 rings (SSSR count). The fraction of sp³-hybridized carbons (Fsp3) is 0.200. The van der Waals surface area contributed by atoms with Crippen molar-refractivity contribution in [1.82, 2.24) is 9.88 Å². The molecule has 1 amide bonds. The molecule has 0 spiro atoms. The Morgan fingerprint density at radius 2 is 2.10 bits per heavy atom. The van der Waals surface area contributed by atoms with Crippen LogP contribution in [-0.2, 0) is 6.54 Å². The lowest BCUT2D eigenvalue weighted by Crippen LogP contribution is -2.26. The van der Waals surface area contributed by atoms with E-state index in [9.17, 15) is 4.79 Å². The molecular formula is C15H14N2O3. The summed E-state index contributed by atoms with van der Waals surface area (Å²) in [5, 5.41) is 0. The maximum absolute atomic E-state index is 12.4. The predicted octanol–water partition coefficient (Wildman–Crippen LogP) is 2.08. The Morgan fingerprint density at radius 3 is 2.90 bits per heavy atom. The second-order valence-corrected chi connectivity index (χ2v) is 4.55. The van der Waals surface area contributed by atoms with Crippen LogP contribution in [0.3, 0.4) is 0 Å². The number of aromatic nitrogens is 1. The molecule has 2 aromatic rings. The number of ether oxygens (including phenoxy) is 2. The average molecular weight is 270 g/mol. The van der Waals surface area contributed by atoms with Gasteiger partial charge in [0.1, 0.15) is 0 Å². The highest BCUT2D eigenvalue weighted by Crippen LogP contribution is 2.32. The van der Waals surface area contributed by atoms with E-state index >= 15 is 0 Å². The smallest absolute Gasteiger partial charge is 0.254 e. The molecule has 0 saturated heterocycles. The Hall–Kier alpha value is -2.56. The summed E-state index contributed by atoms with van der Waals surface area (Å²) in [6.07, 6.45) is 1.72. The lowest BCUT2D eigenvalue weighted by atomic mass is 10.1. The fourth-order valence-electron chi connectivity index (χ4n) is 2.06. The van der Waals surface area contributed by atoms with Gasteiger partial charge in [-0.3, -0.25) is 9.78 Å². The van der Waals surface area contributed by atoms with Gasteiger partial charge in [-0.05, 0) is 30.3 Å². The molecule has 0 N–H and O–H groups in total. The SMILES string of the molecule is CN(Cc1ccccn1)C(=O)c1ccc2c(c1)OCO2. The van der Waals surface area contributed by atoms with Crippen LogP contribution in [0, 0.1) is 0 Å². The normalized spacial score (nSPS) is 12.2. The zero-order valence-electron chi connectivity index (χ0n) is 11.1. The van der Waals surface area contributed by atoms with Gasteiger partial charge in [0.05, 0.1) is 12.2 Å². The van der Waals surface area contributed by atoms with Crippen LogP contribution < -0.4 is 9.47 Å². The summed E-state index contributed by atoms with van der Waals surface area (Å²) in [4.78, 5) is 18.2.